The summed E-state index contributed by atoms with van der Waals surface area (Å²) in [7, 11) is 0. The summed E-state index contributed by atoms with van der Waals surface area (Å²) in [5.41, 5.74) is 7.80. The summed E-state index contributed by atoms with van der Waals surface area (Å²) in [6.07, 6.45) is 4.37. The minimum Gasteiger partial charge on any atom is -0.389 e. The van der Waals surface area contributed by atoms with Gasteiger partial charge >= 0.3 is 0 Å². The Labute approximate surface area is 107 Å². The fourth-order valence-electron chi connectivity index (χ4n) is 1.50. The number of hydrogen-bond donors (Lipinski definition) is 2. The molecule has 0 heterocycles. The monoisotopic (exact) mass is 254 g/mol. The van der Waals surface area contributed by atoms with Crippen molar-refractivity contribution in [2.75, 3.05) is 18.1 Å². The molecule has 1 aromatic rings. The molecule has 0 unspecified atom stereocenters. The highest BCUT2D eigenvalue weighted by atomic mass is 32.2. The number of rotatable bonds is 6. The number of benzene rings is 1. The van der Waals surface area contributed by atoms with Gasteiger partial charge in [-0.05, 0) is 24.8 Å². The van der Waals surface area contributed by atoms with Crippen molar-refractivity contribution < 1.29 is 0 Å². The predicted octanol–water partition coefficient (Wildman–Crippen LogP) is 3.25. The van der Waals surface area contributed by atoms with Crippen LogP contribution >= 0.6 is 24.0 Å². The zero-order chi connectivity index (χ0) is 12.0. The van der Waals surface area contributed by atoms with Gasteiger partial charge in [0, 0.05) is 22.7 Å². The number of thiocarbonyl (C=S) groups is 1. The van der Waals surface area contributed by atoms with Crippen molar-refractivity contribution in [3.05, 3.63) is 23.8 Å². The molecule has 2 nitrogen and oxygen atoms in total. The molecule has 0 spiro atoms. The zero-order valence-corrected chi connectivity index (χ0v) is 11.4. The maximum Gasteiger partial charge on any atom is 0.107 e. The van der Waals surface area contributed by atoms with Crippen molar-refractivity contribution >= 4 is 34.7 Å². The van der Waals surface area contributed by atoms with Gasteiger partial charge < -0.3 is 11.1 Å². The Bertz CT molecular complexity index is 364. The minimum absolute atomic E-state index is 0.462. The summed E-state index contributed by atoms with van der Waals surface area (Å²) in [4.78, 5) is 1.60. The van der Waals surface area contributed by atoms with Gasteiger partial charge in [0.1, 0.15) is 4.99 Å². The van der Waals surface area contributed by atoms with E-state index in [0.717, 1.165) is 29.1 Å². The Balaban J connectivity index is 2.93. The van der Waals surface area contributed by atoms with Crippen molar-refractivity contribution in [2.24, 2.45) is 5.73 Å². The molecule has 0 radical (unpaired) electrons. The number of nitrogens with one attached hydrogen (secondary N) is 1. The molecule has 0 saturated heterocycles. The molecule has 4 heteroatoms. The molecule has 0 aromatic heterocycles. The first-order valence-electron chi connectivity index (χ1n) is 5.41. The molecule has 0 bridgehead atoms. The van der Waals surface area contributed by atoms with E-state index in [4.69, 9.17) is 18.0 Å². The molecular formula is C12H18N2S2. The smallest absolute Gasteiger partial charge is 0.107 e. The standard InChI is InChI=1S/C12H18N2S2/c1-3-4-8-14-9-6-5-7-10(16-2)11(9)12(13)15/h5-7,14H,3-4,8H2,1-2H3,(H2,13,15). The Morgan fingerprint density at radius 3 is 2.81 bits per heavy atom. The fraction of sp³-hybridized carbons (Fsp3) is 0.417. The highest BCUT2D eigenvalue weighted by molar-refractivity contribution is 7.98. The number of unbranched alkanes of at least 4 members (excludes halogenated alkanes) is 1. The summed E-state index contributed by atoms with van der Waals surface area (Å²) in [5, 5.41) is 3.39. The van der Waals surface area contributed by atoms with Crippen molar-refractivity contribution in [3.8, 4) is 0 Å². The number of anilines is 1. The Morgan fingerprint density at radius 1 is 1.50 bits per heavy atom. The molecule has 0 atom stereocenters. The third kappa shape index (κ3) is 3.39. The van der Waals surface area contributed by atoms with Crippen LogP contribution in [0.1, 0.15) is 25.3 Å². The first-order valence-corrected chi connectivity index (χ1v) is 7.04. The van der Waals surface area contributed by atoms with Crippen molar-refractivity contribution in [1.29, 1.82) is 0 Å². The summed E-state index contributed by atoms with van der Waals surface area (Å²) >= 11 is 6.78. The van der Waals surface area contributed by atoms with E-state index >= 15 is 0 Å². The fourth-order valence-corrected chi connectivity index (χ4v) is 2.43. The van der Waals surface area contributed by atoms with Crippen LogP contribution < -0.4 is 11.1 Å². The molecule has 1 rings (SSSR count). The van der Waals surface area contributed by atoms with E-state index in [0.29, 0.717) is 4.99 Å². The largest absolute Gasteiger partial charge is 0.389 e. The van der Waals surface area contributed by atoms with Crippen molar-refractivity contribution in [2.45, 2.75) is 24.7 Å². The average molecular weight is 254 g/mol. The summed E-state index contributed by atoms with van der Waals surface area (Å²) < 4.78 is 0. The molecule has 88 valence electrons. The van der Waals surface area contributed by atoms with E-state index in [1.165, 1.54) is 6.42 Å². The van der Waals surface area contributed by atoms with E-state index in [1.54, 1.807) is 11.8 Å². The summed E-state index contributed by atoms with van der Waals surface area (Å²) in [6.45, 7) is 3.14. The zero-order valence-electron chi connectivity index (χ0n) is 9.75. The number of thioether (sulfide) groups is 1. The molecule has 0 fully saturated rings. The summed E-state index contributed by atoms with van der Waals surface area (Å²) in [6, 6.07) is 6.11. The second-order valence-corrected chi connectivity index (χ2v) is 4.82. The second-order valence-electron chi connectivity index (χ2n) is 3.53. The first-order chi connectivity index (χ1) is 7.70. The van der Waals surface area contributed by atoms with Gasteiger partial charge in [-0.25, -0.2) is 0 Å². The second kappa shape index (κ2) is 6.76. The van der Waals surface area contributed by atoms with E-state index < -0.39 is 0 Å². The molecule has 0 amide bonds. The maximum atomic E-state index is 5.77. The third-order valence-electron chi connectivity index (χ3n) is 2.34. The van der Waals surface area contributed by atoms with Gasteiger partial charge in [-0.1, -0.05) is 31.6 Å². The number of hydrogen-bond acceptors (Lipinski definition) is 3. The highest BCUT2D eigenvalue weighted by Crippen LogP contribution is 2.27. The van der Waals surface area contributed by atoms with E-state index in [2.05, 4.69) is 12.2 Å². The first kappa shape index (κ1) is 13.3. The molecule has 0 aliphatic heterocycles. The Morgan fingerprint density at radius 2 is 2.25 bits per heavy atom. The highest BCUT2D eigenvalue weighted by Gasteiger charge is 2.09. The van der Waals surface area contributed by atoms with Crippen LogP contribution in [-0.2, 0) is 0 Å². The van der Waals surface area contributed by atoms with Crippen molar-refractivity contribution in [1.82, 2.24) is 0 Å². The average Bonchev–Trinajstić information content (AvgIpc) is 2.28. The number of nitrogens with two attached hydrogens (primary N) is 1. The topological polar surface area (TPSA) is 38.0 Å². The molecule has 16 heavy (non-hydrogen) atoms. The van der Waals surface area contributed by atoms with Crippen LogP contribution in [0.2, 0.25) is 0 Å². The van der Waals surface area contributed by atoms with Crippen LogP contribution in [0.15, 0.2) is 23.1 Å². The quantitative estimate of drug-likeness (QED) is 0.464. The van der Waals surface area contributed by atoms with Crippen LogP contribution in [0.25, 0.3) is 0 Å². The predicted molar refractivity (Wildman–Crippen MR) is 77.5 cm³/mol. The lowest BCUT2D eigenvalue weighted by Crippen LogP contribution is -2.15. The van der Waals surface area contributed by atoms with E-state index in [-0.39, 0.29) is 0 Å². The van der Waals surface area contributed by atoms with Gasteiger partial charge in [-0.3, -0.25) is 0 Å². The van der Waals surface area contributed by atoms with E-state index in [1.807, 2.05) is 24.5 Å². The Hall–Kier alpha value is -0.740. The molecule has 0 saturated carbocycles. The normalized spacial score (nSPS) is 10.1. The lowest BCUT2D eigenvalue weighted by Gasteiger charge is -2.13. The lowest BCUT2D eigenvalue weighted by atomic mass is 10.1. The van der Waals surface area contributed by atoms with Crippen molar-refractivity contribution in [3.63, 3.8) is 0 Å². The molecular weight excluding hydrogens is 236 g/mol. The molecule has 1 aromatic carbocycles. The van der Waals surface area contributed by atoms with Crippen LogP contribution in [0, 0.1) is 0 Å². The lowest BCUT2D eigenvalue weighted by molar-refractivity contribution is 0.834. The van der Waals surface area contributed by atoms with Crippen LogP contribution in [0.4, 0.5) is 5.69 Å². The van der Waals surface area contributed by atoms with Gasteiger partial charge in [-0.2, -0.15) is 0 Å². The van der Waals surface area contributed by atoms with Gasteiger partial charge in [0.2, 0.25) is 0 Å². The van der Waals surface area contributed by atoms with Crippen LogP contribution in [0.5, 0.6) is 0 Å². The van der Waals surface area contributed by atoms with Gasteiger partial charge in [-0.15, -0.1) is 11.8 Å². The molecule has 3 N–H and O–H groups in total. The minimum atomic E-state index is 0.462. The van der Waals surface area contributed by atoms with Crippen LogP contribution in [-0.4, -0.2) is 17.8 Å². The SMILES string of the molecule is CCCCNc1cccc(SC)c1C(N)=S. The molecule has 0 aliphatic rings. The summed E-state index contributed by atoms with van der Waals surface area (Å²) in [5.74, 6) is 0. The van der Waals surface area contributed by atoms with Gasteiger partial charge in [0.15, 0.2) is 0 Å². The molecule has 0 aliphatic carbocycles. The van der Waals surface area contributed by atoms with Crippen LogP contribution in [0.3, 0.4) is 0 Å². The van der Waals surface area contributed by atoms with E-state index in [9.17, 15) is 0 Å². The maximum absolute atomic E-state index is 5.77. The Kier molecular flexibility index (Phi) is 5.63. The van der Waals surface area contributed by atoms with Gasteiger partial charge in [0.25, 0.3) is 0 Å². The van der Waals surface area contributed by atoms with Gasteiger partial charge in [0.05, 0.1) is 0 Å². The third-order valence-corrected chi connectivity index (χ3v) is 3.32.